The molecular formula is C19H23N3O2. The summed E-state index contributed by atoms with van der Waals surface area (Å²) < 4.78 is 0. The van der Waals surface area contributed by atoms with Gasteiger partial charge in [-0.1, -0.05) is 24.3 Å². The SMILES string of the molecule is Cc1ncccc1C(=O)NCc1ccccc1CN1CCC(O)C1. The Morgan fingerprint density at radius 1 is 1.29 bits per heavy atom. The van der Waals surface area contributed by atoms with Crippen molar-refractivity contribution in [2.75, 3.05) is 13.1 Å². The molecule has 0 aliphatic carbocycles. The summed E-state index contributed by atoms with van der Waals surface area (Å²) in [4.78, 5) is 18.7. The Kier molecular flexibility index (Phi) is 5.23. The third-order valence-corrected chi connectivity index (χ3v) is 4.45. The van der Waals surface area contributed by atoms with Crippen LogP contribution < -0.4 is 5.32 Å². The van der Waals surface area contributed by atoms with Crippen LogP contribution in [0, 0.1) is 6.92 Å². The van der Waals surface area contributed by atoms with E-state index in [2.05, 4.69) is 21.3 Å². The van der Waals surface area contributed by atoms with Crippen molar-refractivity contribution in [3.05, 3.63) is 65.0 Å². The van der Waals surface area contributed by atoms with Gasteiger partial charge in [0.05, 0.1) is 11.7 Å². The molecule has 1 saturated heterocycles. The van der Waals surface area contributed by atoms with E-state index in [1.165, 1.54) is 5.56 Å². The lowest BCUT2D eigenvalue weighted by molar-refractivity contribution is 0.0949. The zero-order valence-corrected chi connectivity index (χ0v) is 13.9. The number of pyridine rings is 1. The lowest BCUT2D eigenvalue weighted by atomic mass is 10.1. The van der Waals surface area contributed by atoms with Gasteiger partial charge >= 0.3 is 0 Å². The molecule has 2 N–H and O–H groups in total. The van der Waals surface area contributed by atoms with Crippen LogP contribution in [0.2, 0.25) is 0 Å². The van der Waals surface area contributed by atoms with Gasteiger partial charge in [-0.15, -0.1) is 0 Å². The largest absolute Gasteiger partial charge is 0.392 e. The molecular weight excluding hydrogens is 302 g/mol. The second-order valence-corrected chi connectivity index (χ2v) is 6.27. The molecule has 2 aromatic rings. The minimum Gasteiger partial charge on any atom is -0.392 e. The number of carbonyl (C=O) groups is 1. The van der Waals surface area contributed by atoms with Gasteiger partial charge in [-0.05, 0) is 36.6 Å². The van der Waals surface area contributed by atoms with E-state index in [0.717, 1.165) is 37.3 Å². The predicted molar refractivity (Wildman–Crippen MR) is 92.5 cm³/mol. The molecule has 1 aromatic heterocycles. The summed E-state index contributed by atoms with van der Waals surface area (Å²) in [6.07, 6.45) is 2.30. The second kappa shape index (κ2) is 7.55. The number of likely N-dealkylation sites (tertiary alicyclic amines) is 1. The Labute approximate surface area is 142 Å². The molecule has 1 aliphatic heterocycles. The van der Waals surface area contributed by atoms with Crippen molar-refractivity contribution >= 4 is 5.91 Å². The highest BCUT2D eigenvalue weighted by Gasteiger charge is 2.20. The number of aliphatic hydroxyl groups is 1. The first-order chi connectivity index (χ1) is 11.6. The molecule has 5 nitrogen and oxygen atoms in total. The van der Waals surface area contributed by atoms with E-state index in [1.807, 2.05) is 25.1 Å². The Balaban J connectivity index is 1.65. The number of rotatable bonds is 5. The van der Waals surface area contributed by atoms with Crippen molar-refractivity contribution in [1.29, 1.82) is 0 Å². The number of carbonyl (C=O) groups excluding carboxylic acids is 1. The topological polar surface area (TPSA) is 65.5 Å². The lowest BCUT2D eigenvalue weighted by Gasteiger charge is -2.18. The molecule has 1 aromatic carbocycles. The first-order valence-corrected chi connectivity index (χ1v) is 8.30. The number of benzene rings is 1. The van der Waals surface area contributed by atoms with Crippen molar-refractivity contribution in [1.82, 2.24) is 15.2 Å². The molecule has 1 atom stereocenters. The van der Waals surface area contributed by atoms with Crippen LogP contribution in [0.4, 0.5) is 0 Å². The maximum Gasteiger partial charge on any atom is 0.253 e. The fourth-order valence-corrected chi connectivity index (χ4v) is 3.08. The zero-order chi connectivity index (χ0) is 16.9. The van der Waals surface area contributed by atoms with E-state index in [9.17, 15) is 9.90 Å². The average molecular weight is 325 g/mol. The second-order valence-electron chi connectivity index (χ2n) is 6.27. The van der Waals surface area contributed by atoms with Gasteiger partial charge in [0.1, 0.15) is 0 Å². The fraction of sp³-hybridized carbons (Fsp3) is 0.368. The third kappa shape index (κ3) is 3.99. The number of amides is 1. The average Bonchev–Trinajstić information content (AvgIpc) is 2.99. The molecule has 0 saturated carbocycles. The van der Waals surface area contributed by atoms with Gasteiger partial charge < -0.3 is 10.4 Å². The van der Waals surface area contributed by atoms with Gasteiger partial charge in [0.15, 0.2) is 0 Å². The van der Waals surface area contributed by atoms with E-state index in [4.69, 9.17) is 0 Å². The van der Waals surface area contributed by atoms with Crippen LogP contribution >= 0.6 is 0 Å². The van der Waals surface area contributed by atoms with E-state index >= 15 is 0 Å². The molecule has 1 unspecified atom stereocenters. The molecule has 5 heteroatoms. The molecule has 1 fully saturated rings. The molecule has 0 spiro atoms. The Bertz CT molecular complexity index is 717. The van der Waals surface area contributed by atoms with Crippen LogP contribution in [0.25, 0.3) is 0 Å². The quantitative estimate of drug-likeness (QED) is 0.881. The van der Waals surface area contributed by atoms with Crippen LogP contribution in [0.5, 0.6) is 0 Å². The summed E-state index contributed by atoms with van der Waals surface area (Å²) in [6, 6.07) is 11.7. The first-order valence-electron chi connectivity index (χ1n) is 8.30. The maximum absolute atomic E-state index is 12.3. The van der Waals surface area contributed by atoms with Crippen molar-refractivity contribution in [3.8, 4) is 0 Å². The smallest absolute Gasteiger partial charge is 0.253 e. The standard InChI is InChI=1S/C19H23N3O2/c1-14-18(7-4-9-20-14)19(24)21-11-15-5-2-3-6-16(15)12-22-10-8-17(23)13-22/h2-7,9,17,23H,8,10-13H2,1H3,(H,21,24). The summed E-state index contributed by atoms with van der Waals surface area (Å²) in [7, 11) is 0. The van der Waals surface area contributed by atoms with E-state index in [1.54, 1.807) is 18.3 Å². The first kappa shape index (κ1) is 16.6. The zero-order valence-electron chi connectivity index (χ0n) is 13.9. The number of aromatic nitrogens is 1. The van der Waals surface area contributed by atoms with Crippen LogP contribution in [-0.4, -0.2) is 40.1 Å². The fourth-order valence-electron chi connectivity index (χ4n) is 3.08. The molecule has 3 rings (SSSR count). The van der Waals surface area contributed by atoms with Gasteiger partial charge in [0.25, 0.3) is 5.91 Å². The molecule has 1 aliphatic rings. The monoisotopic (exact) mass is 325 g/mol. The Hall–Kier alpha value is -2.24. The molecule has 126 valence electrons. The van der Waals surface area contributed by atoms with E-state index in [-0.39, 0.29) is 12.0 Å². The highest BCUT2D eigenvalue weighted by atomic mass is 16.3. The highest BCUT2D eigenvalue weighted by Crippen LogP contribution is 2.16. The minimum absolute atomic E-state index is 0.105. The van der Waals surface area contributed by atoms with Gasteiger partial charge in [-0.3, -0.25) is 14.7 Å². The van der Waals surface area contributed by atoms with Crippen LogP contribution in [0.3, 0.4) is 0 Å². The molecule has 1 amide bonds. The summed E-state index contributed by atoms with van der Waals surface area (Å²) in [5, 5.41) is 12.7. The third-order valence-electron chi connectivity index (χ3n) is 4.45. The van der Waals surface area contributed by atoms with E-state index in [0.29, 0.717) is 12.1 Å². The number of aliphatic hydroxyl groups excluding tert-OH is 1. The molecule has 2 heterocycles. The molecule has 0 bridgehead atoms. The molecule has 0 radical (unpaired) electrons. The van der Waals surface area contributed by atoms with E-state index < -0.39 is 0 Å². The van der Waals surface area contributed by atoms with Gasteiger partial charge in [-0.25, -0.2) is 0 Å². The summed E-state index contributed by atoms with van der Waals surface area (Å²) in [5.74, 6) is -0.105. The lowest BCUT2D eigenvalue weighted by Crippen LogP contribution is -2.26. The van der Waals surface area contributed by atoms with Crippen LogP contribution in [-0.2, 0) is 13.1 Å². The number of aryl methyl sites for hydroxylation is 1. The number of β-amino-alcohol motifs (C(OH)–C–C–N with tert-alkyl or cyclic N) is 1. The summed E-state index contributed by atoms with van der Waals surface area (Å²) >= 11 is 0. The van der Waals surface area contributed by atoms with Crippen molar-refractivity contribution in [2.24, 2.45) is 0 Å². The number of nitrogens with one attached hydrogen (secondary N) is 1. The summed E-state index contributed by atoms with van der Waals surface area (Å²) in [5.41, 5.74) is 3.63. The summed E-state index contributed by atoms with van der Waals surface area (Å²) in [6.45, 7) is 4.75. The van der Waals surface area contributed by atoms with Crippen molar-refractivity contribution in [2.45, 2.75) is 32.5 Å². The number of hydrogen-bond donors (Lipinski definition) is 2. The van der Waals surface area contributed by atoms with Crippen LogP contribution in [0.15, 0.2) is 42.6 Å². The Morgan fingerprint density at radius 2 is 2.08 bits per heavy atom. The van der Waals surface area contributed by atoms with Gasteiger partial charge in [0, 0.05) is 38.1 Å². The normalized spacial score (nSPS) is 17.8. The highest BCUT2D eigenvalue weighted by molar-refractivity contribution is 5.95. The van der Waals surface area contributed by atoms with Gasteiger partial charge in [0.2, 0.25) is 0 Å². The van der Waals surface area contributed by atoms with Crippen LogP contribution in [0.1, 0.15) is 33.6 Å². The maximum atomic E-state index is 12.3. The minimum atomic E-state index is -0.217. The van der Waals surface area contributed by atoms with Crippen molar-refractivity contribution < 1.29 is 9.90 Å². The number of hydrogen-bond acceptors (Lipinski definition) is 4. The predicted octanol–water partition coefficient (Wildman–Crippen LogP) is 1.89. The van der Waals surface area contributed by atoms with Crippen molar-refractivity contribution in [3.63, 3.8) is 0 Å². The molecule has 24 heavy (non-hydrogen) atoms. The Morgan fingerprint density at radius 3 is 2.79 bits per heavy atom. The number of nitrogens with zero attached hydrogens (tertiary/aromatic N) is 2. The van der Waals surface area contributed by atoms with Gasteiger partial charge in [-0.2, -0.15) is 0 Å².